The number of hydrogen-bond donors (Lipinski definition) is 1. The molecule has 0 spiro atoms. The molecule has 1 N–H and O–H groups in total. The van der Waals surface area contributed by atoms with Crippen LogP contribution in [0.5, 0.6) is 0 Å². The number of imidazole rings is 1. The van der Waals surface area contributed by atoms with E-state index in [1.807, 2.05) is 30.2 Å². The second-order valence-electron chi connectivity index (χ2n) is 12.4. The van der Waals surface area contributed by atoms with Crippen molar-refractivity contribution in [2.24, 2.45) is 0 Å². The van der Waals surface area contributed by atoms with Crippen LogP contribution in [0.3, 0.4) is 0 Å². The maximum Gasteiger partial charge on any atom is 0.410 e. The largest absolute Gasteiger partial charge is 0.444 e. The third kappa shape index (κ3) is 5.93. The van der Waals surface area contributed by atoms with Crippen LogP contribution in [0.2, 0.25) is 0 Å². The Labute approximate surface area is 226 Å². The molecule has 0 atom stereocenters. The molecule has 7 heteroatoms. The van der Waals surface area contributed by atoms with Gasteiger partial charge in [0.05, 0.1) is 10.7 Å². The van der Waals surface area contributed by atoms with E-state index in [4.69, 9.17) is 4.74 Å². The maximum atomic E-state index is 12.7. The summed E-state index contributed by atoms with van der Waals surface area (Å²) in [4.78, 5) is 32.8. The van der Waals surface area contributed by atoms with Crippen molar-refractivity contribution >= 4 is 18.2 Å². The van der Waals surface area contributed by atoms with E-state index in [2.05, 4.69) is 52.4 Å². The van der Waals surface area contributed by atoms with Crippen LogP contribution < -0.4 is 16.4 Å². The van der Waals surface area contributed by atoms with Crippen LogP contribution in [-0.4, -0.2) is 63.8 Å². The lowest BCUT2D eigenvalue weighted by Crippen LogP contribution is -2.47. The van der Waals surface area contributed by atoms with Crippen molar-refractivity contribution < 1.29 is 9.53 Å². The third-order valence-corrected chi connectivity index (χ3v) is 8.66. The highest BCUT2D eigenvalue weighted by atomic mass is 16.6. The Kier molecular flexibility index (Phi) is 7.85. The van der Waals surface area contributed by atoms with E-state index in [0.29, 0.717) is 0 Å². The minimum atomic E-state index is -0.469. The number of aromatic nitrogens is 2. The average Bonchev–Trinajstić information content (AvgIpc) is 3.24. The topological polar surface area (TPSA) is 70.6 Å². The molecular formula is C31H44N4O3. The zero-order valence-electron chi connectivity index (χ0n) is 23.4. The van der Waals surface area contributed by atoms with E-state index >= 15 is 0 Å². The van der Waals surface area contributed by atoms with E-state index in [0.717, 1.165) is 94.8 Å². The van der Waals surface area contributed by atoms with Crippen LogP contribution in [0.15, 0.2) is 35.1 Å². The molecule has 3 heterocycles. The summed E-state index contributed by atoms with van der Waals surface area (Å²) in [5.74, 6) is 0. The molecule has 2 saturated heterocycles. The third-order valence-electron chi connectivity index (χ3n) is 8.66. The number of aromatic amines is 1. The number of benzene rings is 1. The van der Waals surface area contributed by atoms with E-state index in [-0.39, 0.29) is 23.2 Å². The Morgan fingerprint density at radius 2 is 1.71 bits per heavy atom. The van der Waals surface area contributed by atoms with E-state index in [1.165, 1.54) is 5.56 Å². The second-order valence-corrected chi connectivity index (χ2v) is 12.4. The quantitative estimate of drug-likeness (QED) is 0.627. The fourth-order valence-corrected chi connectivity index (χ4v) is 6.61. The van der Waals surface area contributed by atoms with Gasteiger partial charge in [-0.1, -0.05) is 42.5 Å². The summed E-state index contributed by atoms with van der Waals surface area (Å²) in [6.45, 7) is 10.4. The highest BCUT2D eigenvalue weighted by Crippen LogP contribution is 2.40. The van der Waals surface area contributed by atoms with Gasteiger partial charge in [-0.3, -0.25) is 4.57 Å². The molecule has 2 aromatic rings. The summed E-state index contributed by atoms with van der Waals surface area (Å²) in [5.41, 5.74) is 1.07. The monoisotopic (exact) mass is 520 g/mol. The van der Waals surface area contributed by atoms with Gasteiger partial charge in [-0.2, -0.15) is 0 Å². The molecular weight excluding hydrogens is 476 g/mol. The Bertz CT molecular complexity index is 1270. The lowest BCUT2D eigenvalue weighted by Gasteiger charge is -2.43. The van der Waals surface area contributed by atoms with Gasteiger partial charge in [-0.15, -0.1) is 0 Å². The van der Waals surface area contributed by atoms with E-state index in [1.54, 1.807) is 0 Å². The number of fused-ring (bicyclic) bond motifs is 1. The fourth-order valence-electron chi connectivity index (χ4n) is 6.61. The molecule has 7 nitrogen and oxygen atoms in total. The highest BCUT2D eigenvalue weighted by molar-refractivity contribution is 5.68. The number of nitrogens with zero attached hydrogens (tertiary/aromatic N) is 3. The predicted molar refractivity (Wildman–Crippen MR) is 152 cm³/mol. The first-order valence-corrected chi connectivity index (χ1v) is 14.5. The van der Waals surface area contributed by atoms with Crippen molar-refractivity contribution in [3.63, 3.8) is 0 Å². The number of H-pyrrole nitrogens is 1. The van der Waals surface area contributed by atoms with Crippen LogP contribution >= 0.6 is 0 Å². The smallest absolute Gasteiger partial charge is 0.410 e. The average molecular weight is 521 g/mol. The van der Waals surface area contributed by atoms with Crippen molar-refractivity contribution in [1.29, 1.82) is 0 Å². The lowest BCUT2D eigenvalue weighted by molar-refractivity contribution is 0.0155. The summed E-state index contributed by atoms with van der Waals surface area (Å²) >= 11 is 0. The molecule has 1 aromatic carbocycles. The summed E-state index contributed by atoms with van der Waals surface area (Å²) in [6, 6.07) is 11.2. The number of carbonyl (C=O) groups is 1. The van der Waals surface area contributed by atoms with Crippen LogP contribution in [0.1, 0.15) is 83.7 Å². The zero-order valence-corrected chi connectivity index (χ0v) is 23.4. The molecule has 206 valence electrons. The fraction of sp³-hybridized carbons (Fsp3) is 0.613. The molecule has 0 bridgehead atoms. The molecule has 1 aromatic heterocycles. The Morgan fingerprint density at radius 1 is 1.03 bits per heavy atom. The summed E-state index contributed by atoms with van der Waals surface area (Å²) < 4.78 is 7.66. The molecule has 0 unspecified atom stereocenters. The molecule has 3 aliphatic rings. The molecule has 2 aliphatic heterocycles. The Morgan fingerprint density at radius 3 is 2.39 bits per heavy atom. The van der Waals surface area contributed by atoms with Crippen molar-refractivity contribution in [3.8, 4) is 0 Å². The molecule has 0 radical (unpaired) electrons. The zero-order chi connectivity index (χ0) is 26.8. The van der Waals surface area contributed by atoms with Crippen molar-refractivity contribution in [2.75, 3.05) is 32.7 Å². The van der Waals surface area contributed by atoms with Crippen LogP contribution in [0.25, 0.3) is 12.2 Å². The molecule has 1 aliphatic carbocycles. The van der Waals surface area contributed by atoms with Crippen LogP contribution in [-0.2, 0) is 10.2 Å². The number of likely N-dealkylation sites (tertiary alicyclic amines) is 2. The van der Waals surface area contributed by atoms with Crippen molar-refractivity contribution in [3.05, 3.63) is 57.1 Å². The molecule has 1 amide bonds. The molecule has 38 heavy (non-hydrogen) atoms. The Hall–Kier alpha value is -2.80. The standard InChI is InChI=1S/C31H44N4O3/c1-30(2,3)38-29(37)34-22-17-31(18-23-34,24-10-5-4-6-11-24)16-9-19-33-20-14-25(15-21-33)35-27-13-8-7-12-26(27)32-28(35)36/h4-6,10-13,25H,7-9,14-23H2,1-3H3,(H,32,36). The second kappa shape index (κ2) is 11.1. The van der Waals surface area contributed by atoms with Crippen molar-refractivity contribution in [1.82, 2.24) is 19.4 Å². The minimum absolute atomic E-state index is 0.0466. The number of ether oxygens (including phenoxy) is 1. The molecule has 5 rings (SSSR count). The normalized spacial score (nSPS) is 20.3. The van der Waals surface area contributed by atoms with Gasteiger partial charge in [0, 0.05) is 32.2 Å². The first kappa shape index (κ1) is 26.8. The maximum absolute atomic E-state index is 12.7. The van der Waals surface area contributed by atoms with Gasteiger partial charge in [-0.05, 0) is 89.7 Å². The van der Waals surface area contributed by atoms with Gasteiger partial charge in [0.15, 0.2) is 0 Å². The van der Waals surface area contributed by atoms with Crippen molar-refractivity contribution in [2.45, 2.75) is 89.2 Å². The number of nitrogens with one attached hydrogen (secondary N) is 1. The summed E-state index contributed by atoms with van der Waals surface area (Å²) in [5, 5.41) is 2.11. The van der Waals surface area contributed by atoms with Gasteiger partial charge in [-0.25, -0.2) is 9.59 Å². The van der Waals surface area contributed by atoms with E-state index < -0.39 is 5.60 Å². The SMILES string of the molecule is CC(C)(C)OC(=O)N1CCC(CCCN2CCC(n3c(=O)[nH]c4c3=CCCC=4)CC2)(c2ccccc2)CC1. The van der Waals surface area contributed by atoms with E-state index in [9.17, 15) is 9.59 Å². The van der Waals surface area contributed by atoms with Gasteiger partial charge < -0.3 is 19.5 Å². The highest BCUT2D eigenvalue weighted by Gasteiger charge is 2.38. The van der Waals surface area contributed by atoms with Crippen LogP contribution in [0.4, 0.5) is 4.79 Å². The number of piperidine rings is 2. The number of carbonyl (C=O) groups excluding carboxylic acids is 1. The number of rotatable bonds is 6. The van der Waals surface area contributed by atoms with Gasteiger partial charge in [0.1, 0.15) is 5.60 Å². The number of amides is 1. The van der Waals surface area contributed by atoms with Gasteiger partial charge in [0.25, 0.3) is 0 Å². The molecule has 2 fully saturated rings. The first-order valence-electron chi connectivity index (χ1n) is 14.5. The number of hydrogen-bond acceptors (Lipinski definition) is 4. The van der Waals surface area contributed by atoms with Crippen LogP contribution in [0, 0.1) is 0 Å². The molecule has 0 saturated carbocycles. The predicted octanol–water partition coefficient (Wildman–Crippen LogP) is 3.92. The minimum Gasteiger partial charge on any atom is -0.444 e. The lowest BCUT2D eigenvalue weighted by atomic mass is 9.70. The first-order chi connectivity index (χ1) is 18.2. The summed E-state index contributed by atoms with van der Waals surface area (Å²) in [6.07, 6.45) is 12.4. The van der Waals surface area contributed by atoms with Gasteiger partial charge in [0.2, 0.25) is 0 Å². The summed E-state index contributed by atoms with van der Waals surface area (Å²) in [7, 11) is 0. The van der Waals surface area contributed by atoms with Gasteiger partial charge >= 0.3 is 11.8 Å². The Balaban J connectivity index is 1.17.